The number of benzene rings is 1. The Morgan fingerprint density at radius 3 is 2.72 bits per heavy atom. The van der Waals surface area contributed by atoms with Crippen molar-refractivity contribution in [1.29, 1.82) is 0 Å². The number of aromatic nitrogens is 2. The zero-order valence-electron chi connectivity index (χ0n) is 13.6. The third kappa shape index (κ3) is 3.74. The molecule has 1 N–H and O–H groups in total. The van der Waals surface area contributed by atoms with Crippen LogP contribution in [0.4, 0.5) is 4.39 Å². The molecule has 7 heteroatoms. The van der Waals surface area contributed by atoms with Crippen LogP contribution in [0.3, 0.4) is 0 Å². The second-order valence-corrected chi connectivity index (χ2v) is 5.83. The fourth-order valence-electron chi connectivity index (χ4n) is 2.57. The fraction of sp³-hybridized carbons (Fsp3) is 0.222. The molecule has 0 aliphatic heterocycles. The largest absolute Gasteiger partial charge is 0.491 e. The zero-order valence-corrected chi connectivity index (χ0v) is 14.4. The van der Waals surface area contributed by atoms with Gasteiger partial charge in [-0.05, 0) is 36.4 Å². The maximum Gasteiger partial charge on any atom is 0.225 e. The van der Waals surface area contributed by atoms with Gasteiger partial charge in [0.15, 0.2) is 0 Å². The average molecular weight is 362 g/mol. The maximum absolute atomic E-state index is 12.2. The summed E-state index contributed by atoms with van der Waals surface area (Å²) < 4.78 is 19.3. The second-order valence-electron chi connectivity index (χ2n) is 5.39. The van der Waals surface area contributed by atoms with Crippen molar-refractivity contribution < 1.29 is 13.9 Å². The molecule has 1 aromatic carbocycles. The van der Waals surface area contributed by atoms with Gasteiger partial charge in [-0.15, -0.1) is 0 Å². The monoisotopic (exact) mass is 361 g/mol. The molecular weight excluding hydrogens is 345 g/mol. The molecule has 0 saturated carbocycles. The number of nitrogens with one attached hydrogen (secondary N) is 1. The van der Waals surface area contributed by atoms with Gasteiger partial charge in [-0.25, -0.2) is 9.37 Å². The highest BCUT2D eigenvalue weighted by atomic mass is 35.5. The van der Waals surface area contributed by atoms with Crippen LogP contribution in [0.1, 0.15) is 5.69 Å². The van der Waals surface area contributed by atoms with E-state index in [0.29, 0.717) is 22.1 Å². The predicted octanol–water partition coefficient (Wildman–Crippen LogP) is 3.29. The minimum Gasteiger partial charge on any atom is -0.491 e. The first-order chi connectivity index (χ1) is 12.1. The van der Waals surface area contributed by atoms with Crippen LogP contribution >= 0.6 is 11.6 Å². The summed E-state index contributed by atoms with van der Waals surface area (Å²) in [6, 6.07) is 10.7. The van der Waals surface area contributed by atoms with Crippen molar-refractivity contribution in [2.24, 2.45) is 0 Å². The van der Waals surface area contributed by atoms with Gasteiger partial charge in [-0.1, -0.05) is 11.6 Å². The first-order valence-corrected chi connectivity index (χ1v) is 8.16. The van der Waals surface area contributed by atoms with Crippen molar-refractivity contribution in [3.8, 4) is 17.0 Å². The number of alkyl halides is 1. The lowest BCUT2D eigenvalue weighted by Gasteiger charge is -2.07. The molecular formula is C18H17ClFN3O2. The van der Waals surface area contributed by atoms with E-state index in [4.69, 9.17) is 16.3 Å². The van der Waals surface area contributed by atoms with E-state index in [9.17, 15) is 9.18 Å². The number of carbonyl (C=O) groups is 1. The highest BCUT2D eigenvalue weighted by molar-refractivity contribution is 6.30. The van der Waals surface area contributed by atoms with E-state index in [1.54, 1.807) is 37.5 Å². The molecule has 25 heavy (non-hydrogen) atoms. The third-order valence-corrected chi connectivity index (χ3v) is 3.99. The molecule has 3 rings (SSSR count). The van der Waals surface area contributed by atoms with Gasteiger partial charge in [-0.2, -0.15) is 0 Å². The van der Waals surface area contributed by atoms with Gasteiger partial charge in [0.05, 0.1) is 22.8 Å². The molecule has 2 aromatic heterocycles. The Morgan fingerprint density at radius 2 is 2.04 bits per heavy atom. The van der Waals surface area contributed by atoms with Gasteiger partial charge in [0, 0.05) is 18.8 Å². The molecule has 2 heterocycles. The Morgan fingerprint density at radius 1 is 1.28 bits per heavy atom. The Bertz CT molecular complexity index is 893. The number of nitrogens with zero attached hydrogens (tertiary/aromatic N) is 2. The lowest BCUT2D eigenvalue weighted by Crippen LogP contribution is -2.21. The van der Waals surface area contributed by atoms with Crippen molar-refractivity contribution in [1.82, 2.24) is 14.7 Å². The van der Waals surface area contributed by atoms with Crippen LogP contribution < -0.4 is 10.1 Å². The topological polar surface area (TPSA) is 55.6 Å². The standard InChI is InChI=1S/C18H17ClFN3O2/c1-21-17(24)10-15-18(22-16-7-4-13(19)11-23(15)16)12-2-5-14(6-3-12)25-9-8-20/h2-7,11H,8-10H2,1H3,(H,21,24). The van der Waals surface area contributed by atoms with Crippen LogP contribution in [0.25, 0.3) is 16.9 Å². The number of fused-ring (bicyclic) bond motifs is 1. The zero-order chi connectivity index (χ0) is 17.8. The Kier molecular flexibility index (Phi) is 5.19. The molecule has 0 fully saturated rings. The number of rotatable bonds is 6. The number of carbonyl (C=O) groups excluding carboxylic acids is 1. The molecule has 0 aliphatic carbocycles. The van der Waals surface area contributed by atoms with E-state index >= 15 is 0 Å². The first kappa shape index (κ1) is 17.2. The summed E-state index contributed by atoms with van der Waals surface area (Å²) in [5, 5.41) is 3.18. The number of amides is 1. The minimum atomic E-state index is -0.536. The van der Waals surface area contributed by atoms with Crippen LogP contribution in [-0.4, -0.2) is 35.6 Å². The quantitative estimate of drug-likeness (QED) is 0.733. The van der Waals surface area contributed by atoms with Crippen LogP contribution in [0.15, 0.2) is 42.6 Å². The summed E-state index contributed by atoms with van der Waals surface area (Å²) >= 11 is 6.09. The average Bonchev–Trinajstić information content (AvgIpc) is 2.98. The first-order valence-electron chi connectivity index (χ1n) is 7.78. The SMILES string of the molecule is CNC(=O)Cc1c(-c2ccc(OCCF)cc2)nc2ccc(Cl)cn12. The van der Waals surface area contributed by atoms with Crippen LogP contribution in [0.5, 0.6) is 5.75 Å². The highest BCUT2D eigenvalue weighted by Crippen LogP contribution is 2.27. The van der Waals surface area contributed by atoms with Crippen molar-refractivity contribution >= 4 is 23.2 Å². The second kappa shape index (κ2) is 7.53. The number of hydrogen-bond acceptors (Lipinski definition) is 3. The Labute approximate surface area is 149 Å². The molecule has 130 valence electrons. The number of likely N-dealkylation sites (N-methyl/N-ethyl adjacent to an activating group) is 1. The van der Waals surface area contributed by atoms with Gasteiger partial charge in [0.1, 0.15) is 24.7 Å². The molecule has 0 aliphatic rings. The number of hydrogen-bond donors (Lipinski definition) is 1. The number of pyridine rings is 1. The third-order valence-electron chi connectivity index (χ3n) is 3.76. The highest BCUT2D eigenvalue weighted by Gasteiger charge is 2.17. The smallest absolute Gasteiger partial charge is 0.225 e. The summed E-state index contributed by atoms with van der Waals surface area (Å²) in [4.78, 5) is 16.5. The van der Waals surface area contributed by atoms with Gasteiger partial charge in [0.2, 0.25) is 5.91 Å². The summed E-state index contributed by atoms with van der Waals surface area (Å²) in [7, 11) is 1.59. The van der Waals surface area contributed by atoms with E-state index in [-0.39, 0.29) is 18.9 Å². The summed E-state index contributed by atoms with van der Waals surface area (Å²) in [6.45, 7) is -0.515. The van der Waals surface area contributed by atoms with Gasteiger partial charge in [0.25, 0.3) is 0 Å². The molecule has 0 atom stereocenters. The van der Waals surface area contributed by atoms with Crippen molar-refractivity contribution in [3.05, 3.63) is 53.3 Å². The summed E-state index contributed by atoms with van der Waals surface area (Å²) in [6.07, 6.45) is 1.91. The van der Waals surface area contributed by atoms with Crippen LogP contribution in [0.2, 0.25) is 5.02 Å². The van der Waals surface area contributed by atoms with E-state index < -0.39 is 6.67 Å². The van der Waals surface area contributed by atoms with Crippen LogP contribution in [0, 0.1) is 0 Å². The number of halogens is 2. The van der Waals surface area contributed by atoms with Crippen LogP contribution in [-0.2, 0) is 11.2 Å². The molecule has 5 nitrogen and oxygen atoms in total. The Hall–Kier alpha value is -2.60. The van der Waals surface area contributed by atoms with Gasteiger partial charge in [-0.3, -0.25) is 4.79 Å². The van der Waals surface area contributed by atoms with E-state index in [0.717, 1.165) is 11.3 Å². The molecule has 0 unspecified atom stereocenters. The molecule has 0 radical (unpaired) electrons. The number of imidazole rings is 1. The number of ether oxygens (including phenoxy) is 1. The molecule has 0 spiro atoms. The normalized spacial score (nSPS) is 10.8. The van der Waals surface area contributed by atoms with E-state index in [1.165, 1.54) is 0 Å². The molecule has 0 saturated heterocycles. The van der Waals surface area contributed by atoms with E-state index in [1.807, 2.05) is 16.5 Å². The van der Waals surface area contributed by atoms with E-state index in [2.05, 4.69) is 10.3 Å². The molecule has 1 amide bonds. The molecule has 3 aromatic rings. The lowest BCUT2D eigenvalue weighted by atomic mass is 10.1. The summed E-state index contributed by atoms with van der Waals surface area (Å²) in [5.74, 6) is 0.465. The van der Waals surface area contributed by atoms with Crippen molar-refractivity contribution in [3.63, 3.8) is 0 Å². The minimum absolute atomic E-state index is 0.0220. The maximum atomic E-state index is 12.2. The molecule has 0 bridgehead atoms. The van der Waals surface area contributed by atoms with Crippen molar-refractivity contribution in [2.45, 2.75) is 6.42 Å². The Balaban J connectivity index is 2.04. The van der Waals surface area contributed by atoms with Gasteiger partial charge >= 0.3 is 0 Å². The van der Waals surface area contributed by atoms with Crippen molar-refractivity contribution in [2.75, 3.05) is 20.3 Å². The predicted molar refractivity (Wildman–Crippen MR) is 94.9 cm³/mol. The summed E-state index contributed by atoms with van der Waals surface area (Å²) in [5.41, 5.74) is 2.99. The fourth-order valence-corrected chi connectivity index (χ4v) is 2.73. The van der Waals surface area contributed by atoms with Gasteiger partial charge < -0.3 is 14.5 Å². The lowest BCUT2D eigenvalue weighted by molar-refractivity contribution is -0.120.